The predicted octanol–water partition coefficient (Wildman–Crippen LogP) is 3.06. The molecule has 0 spiro atoms. The van der Waals surface area contributed by atoms with Crippen molar-refractivity contribution < 1.29 is 13.9 Å². The second-order valence-corrected chi connectivity index (χ2v) is 3.49. The van der Waals surface area contributed by atoms with Crippen molar-refractivity contribution >= 4 is 5.78 Å². The molecule has 0 aliphatic carbocycles. The number of halogens is 1. The summed E-state index contributed by atoms with van der Waals surface area (Å²) < 4.78 is 18.5. The molecule has 0 bridgehead atoms. The highest BCUT2D eigenvalue weighted by molar-refractivity contribution is 6.00. The lowest BCUT2D eigenvalue weighted by atomic mass is 9.96. The summed E-state index contributed by atoms with van der Waals surface area (Å²) >= 11 is 0. The van der Waals surface area contributed by atoms with Gasteiger partial charge in [0.05, 0.1) is 12.7 Å². The van der Waals surface area contributed by atoms with Crippen LogP contribution in [0, 0.1) is 11.7 Å². The Balaban J connectivity index is 3.17. The van der Waals surface area contributed by atoms with E-state index >= 15 is 0 Å². The van der Waals surface area contributed by atoms with Crippen molar-refractivity contribution in [3.63, 3.8) is 0 Å². The first-order valence-electron chi connectivity index (χ1n) is 4.98. The van der Waals surface area contributed by atoms with Gasteiger partial charge in [-0.25, -0.2) is 4.39 Å². The fraction of sp³-hybridized carbons (Fsp3) is 0.417. The molecular formula is C12H15FO2. The number of rotatable bonds is 4. The molecule has 2 nitrogen and oxygen atoms in total. The van der Waals surface area contributed by atoms with Crippen molar-refractivity contribution in [1.29, 1.82) is 0 Å². The average Bonchev–Trinajstić information content (AvgIpc) is 2.26. The van der Waals surface area contributed by atoms with Gasteiger partial charge in [0.2, 0.25) is 0 Å². The number of hydrogen-bond acceptors (Lipinski definition) is 2. The number of carbonyl (C=O) groups is 1. The van der Waals surface area contributed by atoms with E-state index in [1.54, 1.807) is 13.0 Å². The van der Waals surface area contributed by atoms with Gasteiger partial charge in [-0.2, -0.15) is 0 Å². The molecule has 82 valence electrons. The minimum Gasteiger partial charge on any atom is -0.496 e. The van der Waals surface area contributed by atoms with Crippen LogP contribution in [0.25, 0.3) is 0 Å². The van der Waals surface area contributed by atoms with Crippen LogP contribution in [-0.2, 0) is 0 Å². The Morgan fingerprint density at radius 1 is 1.53 bits per heavy atom. The van der Waals surface area contributed by atoms with E-state index in [2.05, 4.69) is 0 Å². The van der Waals surface area contributed by atoms with Gasteiger partial charge in [0.25, 0.3) is 0 Å². The first kappa shape index (κ1) is 11.7. The Morgan fingerprint density at radius 3 is 2.73 bits per heavy atom. The van der Waals surface area contributed by atoms with Crippen molar-refractivity contribution in [2.75, 3.05) is 7.11 Å². The van der Waals surface area contributed by atoms with Crippen molar-refractivity contribution in [2.24, 2.45) is 5.92 Å². The molecule has 1 atom stereocenters. The fourth-order valence-electron chi connectivity index (χ4n) is 1.35. The SMILES string of the molecule is CCC(C)C(=O)c1c(F)cccc1OC. The highest BCUT2D eigenvalue weighted by Gasteiger charge is 2.21. The van der Waals surface area contributed by atoms with Crippen LogP contribution in [0.15, 0.2) is 18.2 Å². The molecule has 15 heavy (non-hydrogen) atoms. The minimum atomic E-state index is -0.514. The van der Waals surface area contributed by atoms with Crippen LogP contribution in [0.1, 0.15) is 30.6 Å². The molecule has 0 saturated carbocycles. The van der Waals surface area contributed by atoms with Crippen LogP contribution in [0.5, 0.6) is 5.75 Å². The lowest BCUT2D eigenvalue weighted by Crippen LogP contribution is -2.13. The summed E-state index contributed by atoms with van der Waals surface area (Å²) in [6.45, 7) is 3.68. The number of hydrogen-bond donors (Lipinski definition) is 0. The molecule has 0 aromatic heterocycles. The second kappa shape index (κ2) is 4.91. The van der Waals surface area contributed by atoms with Crippen LogP contribution in [0.3, 0.4) is 0 Å². The fourth-order valence-corrected chi connectivity index (χ4v) is 1.35. The number of Topliss-reactive ketones (excluding diaryl/α,β-unsaturated/α-hetero) is 1. The average molecular weight is 210 g/mol. The van der Waals surface area contributed by atoms with Crippen molar-refractivity contribution in [3.8, 4) is 5.75 Å². The maximum Gasteiger partial charge on any atom is 0.172 e. The van der Waals surface area contributed by atoms with E-state index in [0.717, 1.165) is 0 Å². The summed E-state index contributed by atoms with van der Waals surface area (Å²) in [5, 5.41) is 0. The first-order valence-corrected chi connectivity index (χ1v) is 4.98. The molecule has 1 unspecified atom stereocenters. The van der Waals surface area contributed by atoms with Gasteiger partial charge in [0.15, 0.2) is 5.78 Å². The topological polar surface area (TPSA) is 26.3 Å². The molecule has 0 amide bonds. The highest BCUT2D eigenvalue weighted by Crippen LogP contribution is 2.25. The zero-order valence-electron chi connectivity index (χ0n) is 9.21. The Hall–Kier alpha value is -1.38. The number of ether oxygens (including phenoxy) is 1. The van der Waals surface area contributed by atoms with Gasteiger partial charge >= 0.3 is 0 Å². The summed E-state index contributed by atoms with van der Waals surface area (Å²) in [6.07, 6.45) is 0.691. The lowest BCUT2D eigenvalue weighted by molar-refractivity contribution is 0.0920. The number of benzene rings is 1. The largest absolute Gasteiger partial charge is 0.496 e. The van der Waals surface area contributed by atoms with Crippen molar-refractivity contribution in [3.05, 3.63) is 29.6 Å². The Morgan fingerprint density at radius 2 is 2.20 bits per heavy atom. The lowest BCUT2D eigenvalue weighted by Gasteiger charge is -2.11. The van der Waals surface area contributed by atoms with Gasteiger partial charge < -0.3 is 4.74 Å². The van der Waals surface area contributed by atoms with Crippen LogP contribution in [0.4, 0.5) is 4.39 Å². The first-order chi connectivity index (χ1) is 7.11. The number of methoxy groups -OCH3 is 1. The second-order valence-electron chi connectivity index (χ2n) is 3.49. The van der Waals surface area contributed by atoms with E-state index in [1.807, 2.05) is 6.92 Å². The normalized spacial score (nSPS) is 12.3. The van der Waals surface area contributed by atoms with Crippen LogP contribution in [0.2, 0.25) is 0 Å². The van der Waals surface area contributed by atoms with Gasteiger partial charge in [-0.15, -0.1) is 0 Å². The third kappa shape index (κ3) is 2.35. The molecule has 0 radical (unpaired) electrons. The van der Waals surface area contributed by atoms with Gasteiger partial charge in [-0.3, -0.25) is 4.79 Å². The monoisotopic (exact) mass is 210 g/mol. The van der Waals surface area contributed by atoms with Crippen LogP contribution in [-0.4, -0.2) is 12.9 Å². The highest BCUT2D eigenvalue weighted by atomic mass is 19.1. The van der Waals surface area contributed by atoms with E-state index in [-0.39, 0.29) is 17.3 Å². The van der Waals surface area contributed by atoms with E-state index in [0.29, 0.717) is 12.2 Å². The third-order valence-electron chi connectivity index (χ3n) is 2.50. The smallest absolute Gasteiger partial charge is 0.172 e. The molecule has 0 saturated heterocycles. The molecule has 1 aromatic carbocycles. The predicted molar refractivity (Wildman–Crippen MR) is 56.7 cm³/mol. The minimum absolute atomic E-state index is 0.0642. The maximum atomic E-state index is 13.5. The number of ketones is 1. The Kier molecular flexibility index (Phi) is 3.83. The zero-order valence-corrected chi connectivity index (χ0v) is 9.21. The molecule has 1 aromatic rings. The summed E-state index contributed by atoms with van der Waals surface area (Å²) in [5.74, 6) is -0.594. The quantitative estimate of drug-likeness (QED) is 0.714. The number of carbonyl (C=O) groups excluding carboxylic acids is 1. The molecule has 3 heteroatoms. The Labute approximate surface area is 89.1 Å². The van der Waals surface area contributed by atoms with Gasteiger partial charge in [0.1, 0.15) is 11.6 Å². The van der Waals surface area contributed by atoms with E-state index in [1.165, 1.54) is 19.2 Å². The zero-order chi connectivity index (χ0) is 11.4. The molecule has 0 aliphatic heterocycles. The third-order valence-corrected chi connectivity index (χ3v) is 2.50. The summed E-state index contributed by atoms with van der Waals surface area (Å²) in [4.78, 5) is 11.9. The van der Waals surface area contributed by atoms with Crippen LogP contribution >= 0.6 is 0 Å². The standard InChI is InChI=1S/C12H15FO2/c1-4-8(2)12(14)11-9(13)6-5-7-10(11)15-3/h5-8H,4H2,1-3H3. The summed E-state index contributed by atoms with van der Waals surface area (Å²) in [7, 11) is 1.43. The molecule has 0 aliphatic rings. The Bertz CT molecular complexity index is 361. The van der Waals surface area contributed by atoms with Crippen molar-refractivity contribution in [1.82, 2.24) is 0 Å². The van der Waals surface area contributed by atoms with Crippen molar-refractivity contribution in [2.45, 2.75) is 20.3 Å². The summed E-state index contributed by atoms with van der Waals surface area (Å²) in [5.41, 5.74) is 0.0642. The van der Waals surface area contributed by atoms with Gasteiger partial charge in [-0.05, 0) is 18.6 Å². The van der Waals surface area contributed by atoms with Gasteiger partial charge in [0, 0.05) is 5.92 Å². The maximum absolute atomic E-state index is 13.5. The molecule has 0 fully saturated rings. The molecule has 0 N–H and O–H groups in total. The van der Waals surface area contributed by atoms with E-state index < -0.39 is 5.82 Å². The molecule has 1 rings (SSSR count). The van der Waals surface area contributed by atoms with Gasteiger partial charge in [-0.1, -0.05) is 19.9 Å². The molecular weight excluding hydrogens is 195 g/mol. The molecule has 0 heterocycles. The van der Waals surface area contributed by atoms with E-state index in [4.69, 9.17) is 4.74 Å². The van der Waals surface area contributed by atoms with E-state index in [9.17, 15) is 9.18 Å². The van der Waals surface area contributed by atoms with Crippen LogP contribution < -0.4 is 4.74 Å². The summed E-state index contributed by atoms with van der Waals surface area (Å²) in [6, 6.07) is 4.40.